The van der Waals surface area contributed by atoms with Gasteiger partial charge in [-0.25, -0.2) is 0 Å². The van der Waals surface area contributed by atoms with Gasteiger partial charge in [-0.1, -0.05) is 158 Å². The zero-order chi connectivity index (χ0) is 40.3. The highest BCUT2D eigenvalue weighted by Crippen LogP contribution is 2.57. The van der Waals surface area contributed by atoms with Crippen molar-refractivity contribution in [3.63, 3.8) is 0 Å². The van der Waals surface area contributed by atoms with Crippen molar-refractivity contribution >= 4 is 56.4 Å². The van der Waals surface area contributed by atoms with E-state index in [2.05, 4.69) is 216 Å². The van der Waals surface area contributed by atoms with Gasteiger partial charge in [0.1, 0.15) is 0 Å². The fourth-order valence-electron chi connectivity index (χ4n) is 10.9. The number of anilines is 4. The van der Waals surface area contributed by atoms with Gasteiger partial charge in [0.05, 0.1) is 5.41 Å². The summed E-state index contributed by atoms with van der Waals surface area (Å²) in [6.07, 6.45) is 9.19. The van der Waals surface area contributed by atoms with Crippen LogP contribution < -0.4 is 9.80 Å². The van der Waals surface area contributed by atoms with Gasteiger partial charge in [0.25, 0.3) is 0 Å². The summed E-state index contributed by atoms with van der Waals surface area (Å²) in [4.78, 5) is 5.03. The van der Waals surface area contributed by atoms with Crippen molar-refractivity contribution < 1.29 is 0 Å². The molecule has 0 saturated heterocycles. The molecule has 3 aliphatic rings. The molecule has 2 heterocycles. The molecule has 1 aliphatic carbocycles. The van der Waals surface area contributed by atoms with Crippen molar-refractivity contribution in [2.24, 2.45) is 0 Å². The standard InChI is InChI=1S/C59H46N2/c1-3-17-47(18-4-1)59(48-19-5-2-6-20-48)55-38-42(26-32-53(55)54-34-30-50(40-56(54)59)61-36-12-16-44-14-8-10-22-58(44)61)24-23-41-25-31-51-45(37-41)27-28-46-39-49(29-33-52(46)51)60-35-11-15-43-13-7-9-21-57(43)60/h1-10,13-14,17-34,37-40H,11-12,15-16,35-36H2/b24-23+. The fraction of sp³-hybridized carbons (Fsp3) is 0.119. The van der Waals surface area contributed by atoms with Crippen LogP contribution in [0.1, 0.15) is 57.3 Å². The van der Waals surface area contributed by atoms with E-state index in [1.165, 1.54) is 106 Å². The highest BCUT2D eigenvalue weighted by molar-refractivity contribution is 6.09. The average molecular weight is 783 g/mol. The molecule has 0 N–H and O–H groups in total. The van der Waals surface area contributed by atoms with Crippen LogP contribution in [0.2, 0.25) is 0 Å². The summed E-state index contributed by atoms with van der Waals surface area (Å²) >= 11 is 0. The van der Waals surface area contributed by atoms with Crippen molar-refractivity contribution in [1.29, 1.82) is 0 Å². The quantitative estimate of drug-likeness (QED) is 0.122. The Balaban J connectivity index is 0.928. The summed E-state index contributed by atoms with van der Waals surface area (Å²) in [6, 6.07) is 73.0. The summed E-state index contributed by atoms with van der Waals surface area (Å²) in [5.41, 5.74) is 17.8. The maximum absolute atomic E-state index is 2.54. The Kier molecular flexibility index (Phi) is 8.52. The number of fused-ring (bicyclic) bond motifs is 8. The van der Waals surface area contributed by atoms with Gasteiger partial charge in [-0.05, 0) is 151 Å². The first-order valence-corrected chi connectivity index (χ1v) is 22.0. The molecule has 2 aliphatic heterocycles. The number of benzene rings is 9. The lowest BCUT2D eigenvalue weighted by atomic mass is 9.67. The smallest absolute Gasteiger partial charge is 0.0714 e. The Morgan fingerprint density at radius 1 is 0.393 bits per heavy atom. The molecule has 0 amide bonds. The zero-order valence-electron chi connectivity index (χ0n) is 34.3. The Morgan fingerprint density at radius 2 is 0.869 bits per heavy atom. The largest absolute Gasteiger partial charge is 0.341 e. The lowest BCUT2D eigenvalue weighted by Crippen LogP contribution is -2.29. The zero-order valence-corrected chi connectivity index (χ0v) is 34.3. The maximum Gasteiger partial charge on any atom is 0.0714 e. The van der Waals surface area contributed by atoms with Crippen molar-refractivity contribution in [3.05, 3.63) is 239 Å². The number of hydrogen-bond acceptors (Lipinski definition) is 2. The van der Waals surface area contributed by atoms with Gasteiger partial charge >= 0.3 is 0 Å². The van der Waals surface area contributed by atoms with Gasteiger partial charge < -0.3 is 9.80 Å². The van der Waals surface area contributed by atoms with E-state index in [0.29, 0.717) is 0 Å². The molecule has 2 nitrogen and oxygen atoms in total. The molecule has 2 heteroatoms. The average Bonchev–Trinajstić information content (AvgIpc) is 3.62. The first-order chi connectivity index (χ1) is 30.2. The highest BCUT2D eigenvalue weighted by atomic mass is 15.1. The van der Waals surface area contributed by atoms with Crippen LogP contribution in [0.25, 0.3) is 44.8 Å². The number of para-hydroxylation sites is 2. The van der Waals surface area contributed by atoms with E-state index in [1.807, 2.05) is 0 Å². The van der Waals surface area contributed by atoms with Crippen LogP contribution >= 0.6 is 0 Å². The summed E-state index contributed by atoms with van der Waals surface area (Å²) in [7, 11) is 0. The van der Waals surface area contributed by atoms with Gasteiger partial charge in [-0.2, -0.15) is 0 Å². The summed E-state index contributed by atoms with van der Waals surface area (Å²) in [5, 5.41) is 5.13. The Hall–Kier alpha value is -7.16. The van der Waals surface area contributed by atoms with Crippen LogP contribution in [0.5, 0.6) is 0 Å². The predicted molar refractivity (Wildman–Crippen MR) is 258 cm³/mol. The van der Waals surface area contributed by atoms with Crippen LogP contribution in [0.4, 0.5) is 22.7 Å². The lowest BCUT2D eigenvalue weighted by molar-refractivity contribution is 0.756. The Bertz CT molecular complexity index is 3120. The molecule has 0 saturated carbocycles. The third-order valence-electron chi connectivity index (χ3n) is 13.7. The molecule has 12 rings (SSSR count). The van der Waals surface area contributed by atoms with Crippen LogP contribution in [-0.4, -0.2) is 13.1 Å². The number of hydrogen-bond donors (Lipinski definition) is 0. The number of rotatable bonds is 6. The third-order valence-corrected chi connectivity index (χ3v) is 13.7. The Labute approximate surface area is 358 Å². The van der Waals surface area contributed by atoms with Gasteiger partial charge in [0.15, 0.2) is 0 Å². The normalized spacial score (nSPS) is 15.1. The van der Waals surface area contributed by atoms with E-state index >= 15 is 0 Å². The molecule has 0 spiro atoms. The molecule has 0 bridgehead atoms. The van der Waals surface area contributed by atoms with E-state index in [9.17, 15) is 0 Å². The number of nitrogens with zero attached hydrogens (tertiary/aromatic N) is 2. The van der Waals surface area contributed by atoms with E-state index in [0.717, 1.165) is 32.4 Å². The molecule has 61 heavy (non-hydrogen) atoms. The molecule has 0 atom stereocenters. The van der Waals surface area contributed by atoms with E-state index in [4.69, 9.17) is 0 Å². The van der Waals surface area contributed by atoms with Crippen molar-refractivity contribution in [1.82, 2.24) is 0 Å². The lowest BCUT2D eigenvalue weighted by Gasteiger charge is -2.36. The van der Waals surface area contributed by atoms with Crippen LogP contribution in [0.3, 0.4) is 0 Å². The number of aryl methyl sites for hydroxylation is 2. The second kappa shape index (κ2) is 14.5. The Morgan fingerprint density at radius 3 is 1.51 bits per heavy atom. The molecule has 0 aromatic heterocycles. The van der Waals surface area contributed by atoms with E-state index in [1.54, 1.807) is 0 Å². The van der Waals surface area contributed by atoms with Gasteiger partial charge in [-0.3, -0.25) is 0 Å². The fourth-order valence-corrected chi connectivity index (χ4v) is 10.9. The summed E-state index contributed by atoms with van der Waals surface area (Å²) in [6.45, 7) is 2.07. The van der Waals surface area contributed by atoms with E-state index in [-0.39, 0.29) is 0 Å². The van der Waals surface area contributed by atoms with Crippen molar-refractivity contribution in [3.8, 4) is 11.1 Å². The third kappa shape index (κ3) is 5.85. The van der Waals surface area contributed by atoms with Crippen LogP contribution in [-0.2, 0) is 18.3 Å². The van der Waals surface area contributed by atoms with Crippen molar-refractivity contribution in [2.75, 3.05) is 22.9 Å². The minimum Gasteiger partial charge on any atom is -0.341 e. The minimum atomic E-state index is -0.483. The first kappa shape index (κ1) is 35.8. The van der Waals surface area contributed by atoms with Gasteiger partial charge in [0.2, 0.25) is 0 Å². The molecule has 0 radical (unpaired) electrons. The SMILES string of the molecule is C(=C\c1ccc2c(ccc3cc(N4CCCc5ccccc54)ccc32)c1)/c1ccc2c(c1)C(c1ccccc1)(c1ccccc1)c1cc(N3CCCc4ccccc43)ccc1-2. The molecule has 0 unspecified atom stereocenters. The minimum absolute atomic E-state index is 0.483. The second-order valence-electron chi connectivity index (χ2n) is 17.1. The van der Waals surface area contributed by atoms with Gasteiger partial charge in [0, 0.05) is 35.8 Å². The topological polar surface area (TPSA) is 6.48 Å². The molecular formula is C59H46N2. The molecule has 9 aromatic carbocycles. The summed E-state index contributed by atoms with van der Waals surface area (Å²) in [5.74, 6) is 0. The first-order valence-electron chi connectivity index (χ1n) is 22.0. The van der Waals surface area contributed by atoms with Crippen LogP contribution in [0.15, 0.2) is 194 Å². The maximum atomic E-state index is 2.54. The molecule has 292 valence electrons. The monoisotopic (exact) mass is 782 g/mol. The molecule has 9 aromatic rings. The molecular weight excluding hydrogens is 737 g/mol. The van der Waals surface area contributed by atoms with Gasteiger partial charge in [-0.15, -0.1) is 0 Å². The van der Waals surface area contributed by atoms with E-state index < -0.39 is 5.41 Å². The van der Waals surface area contributed by atoms with Crippen LogP contribution in [0, 0.1) is 0 Å². The highest BCUT2D eigenvalue weighted by Gasteiger charge is 2.46. The molecule has 0 fully saturated rings. The summed E-state index contributed by atoms with van der Waals surface area (Å²) < 4.78 is 0. The van der Waals surface area contributed by atoms with Crippen molar-refractivity contribution in [2.45, 2.75) is 31.1 Å². The second-order valence-corrected chi connectivity index (χ2v) is 17.1. The predicted octanol–water partition coefficient (Wildman–Crippen LogP) is 14.7.